The zero-order valence-electron chi connectivity index (χ0n) is 18.0. The molecule has 6 nitrogen and oxygen atoms in total. The lowest BCUT2D eigenvalue weighted by Gasteiger charge is -2.37. The van der Waals surface area contributed by atoms with Crippen molar-refractivity contribution in [1.29, 1.82) is 5.26 Å². The zero-order chi connectivity index (χ0) is 21.5. The molecule has 0 atom stereocenters. The van der Waals surface area contributed by atoms with Crippen molar-refractivity contribution in [3.05, 3.63) is 48.5 Å². The molecule has 162 valence electrons. The summed E-state index contributed by atoms with van der Waals surface area (Å²) in [5, 5.41) is 18.6. The second-order valence-corrected chi connectivity index (χ2v) is 8.47. The molecule has 2 aliphatic rings. The Morgan fingerprint density at radius 3 is 2.48 bits per heavy atom. The molecule has 0 aromatic heterocycles. The lowest BCUT2D eigenvalue weighted by Crippen LogP contribution is -2.53. The number of carbonyl (C=O) groups is 1. The van der Waals surface area contributed by atoms with Crippen LogP contribution in [0.2, 0.25) is 0 Å². The molecule has 3 N–H and O–H groups in total. The number of nitrogens with zero attached hydrogens (tertiary/aromatic N) is 2. The van der Waals surface area contributed by atoms with E-state index >= 15 is 0 Å². The number of nitriles is 1. The van der Waals surface area contributed by atoms with E-state index in [2.05, 4.69) is 57.2 Å². The Kier molecular flexibility index (Phi) is 6.73. The van der Waals surface area contributed by atoms with Crippen LogP contribution in [0.15, 0.2) is 48.5 Å². The number of hydrogen-bond acceptors (Lipinski definition) is 5. The molecule has 1 saturated carbocycles. The van der Waals surface area contributed by atoms with E-state index in [1.54, 1.807) is 0 Å². The predicted octanol–water partition coefficient (Wildman–Crippen LogP) is 3.52. The second-order valence-electron chi connectivity index (χ2n) is 8.47. The summed E-state index contributed by atoms with van der Waals surface area (Å²) >= 11 is 0. The summed E-state index contributed by atoms with van der Waals surface area (Å²) in [6.45, 7) is 4.17. The minimum absolute atomic E-state index is 0.0434. The fourth-order valence-corrected chi connectivity index (χ4v) is 4.69. The fraction of sp³-hybridized carbons (Fsp3) is 0.440. The van der Waals surface area contributed by atoms with E-state index < -0.39 is 5.54 Å². The Bertz CT molecular complexity index is 922. The van der Waals surface area contributed by atoms with Gasteiger partial charge in [-0.15, -0.1) is 0 Å². The van der Waals surface area contributed by atoms with Gasteiger partial charge in [0.15, 0.2) is 0 Å². The predicted molar refractivity (Wildman–Crippen MR) is 125 cm³/mol. The van der Waals surface area contributed by atoms with Gasteiger partial charge in [0.2, 0.25) is 5.91 Å². The van der Waals surface area contributed by atoms with Gasteiger partial charge >= 0.3 is 0 Å². The second kappa shape index (κ2) is 9.84. The third-order valence-electron chi connectivity index (χ3n) is 6.40. The van der Waals surface area contributed by atoms with Gasteiger partial charge in [-0.25, -0.2) is 0 Å². The summed E-state index contributed by atoms with van der Waals surface area (Å²) in [6.07, 6.45) is 4.75. The molecule has 2 aromatic rings. The summed E-state index contributed by atoms with van der Waals surface area (Å²) in [4.78, 5) is 15.3. The molecule has 1 aliphatic carbocycles. The first-order valence-electron chi connectivity index (χ1n) is 11.3. The normalized spacial score (nSPS) is 18.1. The van der Waals surface area contributed by atoms with Crippen molar-refractivity contribution in [3.8, 4) is 17.2 Å². The number of benzene rings is 2. The van der Waals surface area contributed by atoms with Crippen LogP contribution < -0.4 is 20.9 Å². The van der Waals surface area contributed by atoms with Crippen LogP contribution in [0.5, 0.6) is 0 Å². The van der Waals surface area contributed by atoms with Gasteiger partial charge in [-0.05, 0) is 48.2 Å². The Morgan fingerprint density at radius 1 is 1.03 bits per heavy atom. The van der Waals surface area contributed by atoms with Crippen molar-refractivity contribution in [1.82, 2.24) is 10.6 Å². The van der Waals surface area contributed by atoms with Crippen molar-refractivity contribution in [3.63, 3.8) is 0 Å². The Morgan fingerprint density at radius 2 is 1.77 bits per heavy atom. The number of amides is 1. The molecule has 1 aliphatic heterocycles. The molecule has 2 aromatic carbocycles. The molecular formula is C25H31N5O. The van der Waals surface area contributed by atoms with Gasteiger partial charge in [-0.2, -0.15) is 5.26 Å². The Labute approximate surface area is 184 Å². The summed E-state index contributed by atoms with van der Waals surface area (Å²) < 4.78 is 0. The maximum absolute atomic E-state index is 12.9. The monoisotopic (exact) mass is 417 g/mol. The number of nitrogens with one attached hydrogen (secondary N) is 3. The molecule has 0 radical (unpaired) electrons. The highest BCUT2D eigenvalue weighted by Crippen LogP contribution is 2.33. The lowest BCUT2D eigenvalue weighted by molar-refractivity contribution is -0.126. The van der Waals surface area contributed by atoms with Gasteiger partial charge in [0.25, 0.3) is 0 Å². The van der Waals surface area contributed by atoms with Crippen LogP contribution in [0, 0.1) is 11.3 Å². The van der Waals surface area contributed by atoms with E-state index in [1.807, 2.05) is 18.2 Å². The number of rotatable bonds is 6. The van der Waals surface area contributed by atoms with Gasteiger partial charge in [0.1, 0.15) is 12.1 Å². The summed E-state index contributed by atoms with van der Waals surface area (Å²) in [7, 11) is 0. The van der Waals surface area contributed by atoms with Gasteiger partial charge < -0.3 is 20.9 Å². The van der Waals surface area contributed by atoms with Crippen molar-refractivity contribution in [2.75, 3.05) is 42.9 Å². The molecule has 1 amide bonds. The minimum atomic E-state index is -0.639. The van der Waals surface area contributed by atoms with Crippen molar-refractivity contribution < 1.29 is 4.79 Å². The van der Waals surface area contributed by atoms with E-state index in [0.29, 0.717) is 0 Å². The Balaban J connectivity index is 1.52. The molecule has 31 heavy (non-hydrogen) atoms. The largest absolute Gasteiger partial charge is 0.371 e. The van der Waals surface area contributed by atoms with Crippen LogP contribution in [0.3, 0.4) is 0 Å². The van der Waals surface area contributed by atoms with Gasteiger partial charge in [0.05, 0.1) is 6.07 Å². The highest BCUT2D eigenvalue weighted by atomic mass is 16.2. The van der Waals surface area contributed by atoms with E-state index in [0.717, 1.165) is 75.1 Å². The fourth-order valence-electron chi connectivity index (χ4n) is 4.69. The maximum atomic E-state index is 12.9. The van der Waals surface area contributed by atoms with Crippen molar-refractivity contribution in [2.24, 2.45) is 0 Å². The molecule has 0 spiro atoms. The molecule has 2 fully saturated rings. The van der Waals surface area contributed by atoms with E-state index in [1.165, 1.54) is 5.69 Å². The van der Waals surface area contributed by atoms with Crippen molar-refractivity contribution >= 4 is 17.3 Å². The molecule has 6 heteroatoms. The third-order valence-corrected chi connectivity index (χ3v) is 6.40. The molecule has 1 heterocycles. The average molecular weight is 418 g/mol. The van der Waals surface area contributed by atoms with E-state index in [-0.39, 0.29) is 12.5 Å². The SMILES string of the molecule is N#CCNC(=O)C1(Nc2cccc(-c3ccc(N4CCNCC4)cc3)c2)CCCCC1. The van der Waals surface area contributed by atoms with Crippen LogP contribution >= 0.6 is 0 Å². The summed E-state index contributed by atoms with van der Waals surface area (Å²) in [5.74, 6) is -0.0699. The first-order chi connectivity index (χ1) is 15.2. The van der Waals surface area contributed by atoms with Crippen molar-refractivity contribution in [2.45, 2.75) is 37.6 Å². The highest BCUT2D eigenvalue weighted by Gasteiger charge is 2.39. The molecule has 4 rings (SSSR count). The number of hydrogen-bond donors (Lipinski definition) is 3. The molecule has 0 unspecified atom stereocenters. The molecule has 0 bridgehead atoms. The van der Waals surface area contributed by atoms with Crippen LogP contribution in [-0.2, 0) is 4.79 Å². The maximum Gasteiger partial charge on any atom is 0.246 e. The number of piperazine rings is 1. The van der Waals surface area contributed by atoms with Crippen LogP contribution in [-0.4, -0.2) is 44.2 Å². The lowest BCUT2D eigenvalue weighted by atomic mass is 9.80. The summed E-state index contributed by atoms with van der Waals surface area (Å²) in [5.41, 5.74) is 3.85. The topological polar surface area (TPSA) is 80.2 Å². The first-order valence-corrected chi connectivity index (χ1v) is 11.3. The number of carbonyl (C=O) groups excluding carboxylic acids is 1. The van der Waals surface area contributed by atoms with Crippen LogP contribution in [0.25, 0.3) is 11.1 Å². The van der Waals surface area contributed by atoms with E-state index in [9.17, 15) is 4.79 Å². The van der Waals surface area contributed by atoms with Gasteiger partial charge in [0, 0.05) is 37.6 Å². The van der Waals surface area contributed by atoms with Gasteiger partial charge in [-0.3, -0.25) is 4.79 Å². The highest BCUT2D eigenvalue weighted by molar-refractivity contribution is 5.90. The standard InChI is InChI=1S/C25H31N5O/c26-13-14-28-24(31)25(11-2-1-3-12-25)29-22-6-4-5-21(19-22)20-7-9-23(10-8-20)30-17-15-27-16-18-30/h4-10,19,27,29H,1-3,11-12,14-18H2,(H,28,31). The minimum Gasteiger partial charge on any atom is -0.371 e. The smallest absolute Gasteiger partial charge is 0.246 e. The Hall–Kier alpha value is -3.04. The third kappa shape index (κ3) is 5.00. The zero-order valence-corrected chi connectivity index (χ0v) is 18.0. The van der Waals surface area contributed by atoms with Crippen LogP contribution in [0.1, 0.15) is 32.1 Å². The average Bonchev–Trinajstić information content (AvgIpc) is 2.84. The molecule has 1 saturated heterocycles. The summed E-state index contributed by atoms with van der Waals surface area (Å²) in [6, 6.07) is 19.0. The van der Waals surface area contributed by atoms with Crippen LogP contribution in [0.4, 0.5) is 11.4 Å². The van der Waals surface area contributed by atoms with Gasteiger partial charge in [-0.1, -0.05) is 43.5 Å². The quantitative estimate of drug-likeness (QED) is 0.627. The number of anilines is 2. The molecular weight excluding hydrogens is 386 g/mol. The van der Waals surface area contributed by atoms with E-state index in [4.69, 9.17) is 5.26 Å². The first kappa shape index (κ1) is 21.2.